The molecular weight excluding hydrogens is 312 g/mol. The van der Waals surface area contributed by atoms with Crippen molar-refractivity contribution in [3.8, 4) is 5.75 Å². The molecule has 0 fully saturated rings. The highest BCUT2D eigenvalue weighted by Gasteiger charge is 2.07. The molecule has 1 heterocycles. The number of para-hydroxylation sites is 1. The van der Waals surface area contributed by atoms with E-state index in [0.717, 1.165) is 18.5 Å². The minimum atomic E-state index is -0.131. The van der Waals surface area contributed by atoms with Crippen LogP contribution in [0.4, 0.5) is 0 Å². The van der Waals surface area contributed by atoms with E-state index in [4.69, 9.17) is 4.74 Å². The van der Waals surface area contributed by atoms with Crippen molar-refractivity contribution >= 4 is 17.5 Å². The maximum absolute atomic E-state index is 11.6. The second kappa shape index (κ2) is 8.53. The molecule has 122 valence electrons. The van der Waals surface area contributed by atoms with Gasteiger partial charge in [-0.05, 0) is 25.5 Å². The lowest BCUT2D eigenvalue weighted by molar-refractivity contribution is 0.101. The minimum Gasteiger partial charge on any atom is -0.492 e. The third-order valence-corrected chi connectivity index (χ3v) is 3.96. The van der Waals surface area contributed by atoms with Gasteiger partial charge < -0.3 is 9.72 Å². The number of carbonyl (C=O) groups is 1. The van der Waals surface area contributed by atoms with Gasteiger partial charge in [0.25, 0.3) is 5.56 Å². The first-order valence-corrected chi connectivity index (χ1v) is 8.54. The Bertz CT molecular complexity index is 728. The van der Waals surface area contributed by atoms with Crippen molar-refractivity contribution in [1.82, 2.24) is 9.97 Å². The highest BCUT2D eigenvalue weighted by Crippen LogP contribution is 2.19. The standard InChI is InChI=1S/C17H20N2O3S/c1-3-6-13-11-16(21)19-17(18-13)23-10-9-22-15-8-5-4-7-14(15)12(2)20/h4-5,7-8,11H,3,6,9-10H2,1-2H3,(H,18,19,21). The maximum Gasteiger partial charge on any atom is 0.251 e. The normalized spacial score (nSPS) is 10.5. The predicted molar refractivity (Wildman–Crippen MR) is 91.5 cm³/mol. The summed E-state index contributed by atoms with van der Waals surface area (Å²) in [5, 5.41) is 0.601. The molecule has 0 spiro atoms. The molecule has 0 saturated carbocycles. The molecule has 1 aromatic heterocycles. The second-order valence-corrected chi connectivity index (χ2v) is 6.12. The van der Waals surface area contributed by atoms with Gasteiger partial charge in [-0.15, -0.1) is 0 Å². The molecular formula is C17H20N2O3S. The molecule has 0 unspecified atom stereocenters. The first-order chi connectivity index (χ1) is 11.1. The van der Waals surface area contributed by atoms with Crippen molar-refractivity contribution in [2.45, 2.75) is 31.8 Å². The summed E-state index contributed by atoms with van der Waals surface area (Å²) in [6, 6.07) is 8.71. The van der Waals surface area contributed by atoms with E-state index >= 15 is 0 Å². The zero-order valence-electron chi connectivity index (χ0n) is 13.3. The number of ether oxygens (including phenoxy) is 1. The Balaban J connectivity index is 1.91. The van der Waals surface area contributed by atoms with Gasteiger partial charge in [0.2, 0.25) is 0 Å². The molecule has 2 rings (SSSR count). The smallest absolute Gasteiger partial charge is 0.251 e. The Morgan fingerprint density at radius 3 is 2.87 bits per heavy atom. The molecule has 0 radical (unpaired) electrons. The number of ketones is 1. The van der Waals surface area contributed by atoms with Gasteiger partial charge in [-0.25, -0.2) is 4.98 Å². The molecule has 5 nitrogen and oxygen atoms in total. The number of aryl methyl sites for hydroxylation is 1. The first-order valence-electron chi connectivity index (χ1n) is 7.56. The van der Waals surface area contributed by atoms with Crippen molar-refractivity contribution in [2.24, 2.45) is 0 Å². The third kappa shape index (κ3) is 5.25. The summed E-state index contributed by atoms with van der Waals surface area (Å²) < 4.78 is 5.67. The highest BCUT2D eigenvalue weighted by atomic mass is 32.2. The van der Waals surface area contributed by atoms with E-state index in [1.807, 2.05) is 12.1 Å². The van der Waals surface area contributed by atoms with Crippen molar-refractivity contribution in [2.75, 3.05) is 12.4 Å². The third-order valence-electron chi connectivity index (χ3n) is 3.13. The molecule has 0 aliphatic heterocycles. The van der Waals surface area contributed by atoms with E-state index in [1.54, 1.807) is 12.1 Å². The van der Waals surface area contributed by atoms with Crippen molar-refractivity contribution in [3.05, 3.63) is 51.9 Å². The van der Waals surface area contributed by atoms with E-state index in [1.165, 1.54) is 24.8 Å². The van der Waals surface area contributed by atoms with Crippen LogP contribution < -0.4 is 10.3 Å². The number of benzene rings is 1. The van der Waals surface area contributed by atoms with Crippen LogP contribution in [0.2, 0.25) is 0 Å². The summed E-state index contributed by atoms with van der Waals surface area (Å²) >= 11 is 1.43. The van der Waals surface area contributed by atoms with E-state index < -0.39 is 0 Å². The Labute approximate surface area is 139 Å². The fourth-order valence-electron chi connectivity index (χ4n) is 2.11. The molecule has 0 saturated heterocycles. The van der Waals surface area contributed by atoms with E-state index in [0.29, 0.717) is 28.8 Å². The summed E-state index contributed by atoms with van der Waals surface area (Å²) in [6.07, 6.45) is 1.74. The van der Waals surface area contributed by atoms with E-state index in [2.05, 4.69) is 16.9 Å². The number of nitrogens with one attached hydrogen (secondary N) is 1. The van der Waals surface area contributed by atoms with Gasteiger partial charge in [0, 0.05) is 17.5 Å². The Kier molecular flexibility index (Phi) is 6.40. The van der Waals surface area contributed by atoms with Crippen molar-refractivity contribution < 1.29 is 9.53 Å². The average Bonchev–Trinajstić information content (AvgIpc) is 2.51. The molecule has 23 heavy (non-hydrogen) atoms. The van der Waals surface area contributed by atoms with Gasteiger partial charge in [0.05, 0.1) is 12.2 Å². The molecule has 0 aliphatic rings. The summed E-state index contributed by atoms with van der Waals surface area (Å²) in [4.78, 5) is 30.2. The fraction of sp³-hybridized carbons (Fsp3) is 0.353. The van der Waals surface area contributed by atoms with E-state index in [9.17, 15) is 9.59 Å². The van der Waals surface area contributed by atoms with Crippen LogP contribution in [0, 0.1) is 0 Å². The van der Waals surface area contributed by atoms with Gasteiger partial charge in [-0.3, -0.25) is 9.59 Å². The SMILES string of the molecule is CCCc1cc(=O)[nH]c(SCCOc2ccccc2C(C)=O)n1. The average molecular weight is 332 g/mol. The van der Waals surface area contributed by atoms with Crippen LogP contribution in [-0.2, 0) is 6.42 Å². The number of aromatic amines is 1. The number of carbonyl (C=O) groups excluding carboxylic acids is 1. The number of rotatable bonds is 8. The highest BCUT2D eigenvalue weighted by molar-refractivity contribution is 7.99. The number of nitrogens with zero attached hydrogens (tertiary/aromatic N) is 1. The zero-order valence-corrected chi connectivity index (χ0v) is 14.1. The first kappa shape index (κ1) is 17.3. The maximum atomic E-state index is 11.6. The minimum absolute atomic E-state index is 0.0217. The van der Waals surface area contributed by atoms with Crippen LogP contribution in [0.25, 0.3) is 0 Å². The lowest BCUT2D eigenvalue weighted by Gasteiger charge is -2.09. The Hall–Kier alpha value is -2.08. The van der Waals surface area contributed by atoms with Crippen LogP contribution >= 0.6 is 11.8 Å². The Morgan fingerprint density at radius 2 is 2.13 bits per heavy atom. The molecule has 2 aromatic rings. The zero-order chi connectivity index (χ0) is 16.7. The van der Waals surface area contributed by atoms with Crippen LogP contribution in [0.3, 0.4) is 0 Å². The van der Waals surface area contributed by atoms with Gasteiger partial charge >= 0.3 is 0 Å². The molecule has 0 bridgehead atoms. The molecule has 6 heteroatoms. The van der Waals surface area contributed by atoms with Gasteiger partial charge in [0.15, 0.2) is 10.9 Å². The Morgan fingerprint density at radius 1 is 1.35 bits per heavy atom. The fourth-order valence-corrected chi connectivity index (χ4v) is 2.82. The monoisotopic (exact) mass is 332 g/mol. The van der Waals surface area contributed by atoms with E-state index in [-0.39, 0.29) is 11.3 Å². The van der Waals surface area contributed by atoms with Crippen molar-refractivity contribution in [3.63, 3.8) is 0 Å². The number of hydrogen-bond acceptors (Lipinski definition) is 5. The van der Waals surface area contributed by atoms with Gasteiger partial charge in [-0.2, -0.15) is 0 Å². The number of aromatic nitrogens is 2. The summed E-state index contributed by atoms with van der Waals surface area (Å²) in [7, 11) is 0. The molecule has 1 N–H and O–H groups in total. The van der Waals surface area contributed by atoms with Gasteiger partial charge in [0.1, 0.15) is 5.75 Å². The number of Topliss-reactive ketones (excluding diaryl/α,β-unsaturated/α-hetero) is 1. The molecule has 1 aromatic carbocycles. The summed E-state index contributed by atoms with van der Waals surface area (Å²) in [6.45, 7) is 4.00. The van der Waals surface area contributed by atoms with Crippen LogP contribution in [0.5, 0.6) is 5.75 Å². The summed E-state index contributed by atoms with van der Waals surface area (Å²) in [5.74, 6) is 1.19. The van der Waals surface area contributed by atoms with Crippen LogP contribution in [-0.4, -0.2) is 28.1 Å². The lowest BCUT2D eigenvalue weighted by atomic mass is 10.1. The lowest BCUT2D eigenvalue weighted by Crippen LogP contribution is -2.11. The molecule has 0 aliphatic carbocycles. The number of hydrogen-bond donors (Lipinski definition) is 1. The largest absolute Gasteiger partial charge is 0.492 e. The topological polar surface area (TPSA) is 72.1 Å². The van der Waals surface area contributed by atoms with Gasteiger partial charge in [-0.1, -0.05) is 37.2 Å². The number of thioether (sulfide) groups is 1. The second-order valence-electron chi connectivity index (χ2n) is 5.04. The predicted octanol–water partition coefficient (Wildman–Crippen LogP) is 3.10. The summed E-state index contributed by atoms with van der Waals surface area (Å²) in [5.41, 5.74) is 1.25. The quantitative estimate of drug-likeness (QED) is 0.348. The molecule has 0 atom stereocenters. The molecule has 0 amide bonds. The van der Waals surface area contributed by atoms with Crippen LogP contribution in [0.1, 0.15) is 36.3 Å². The van der Waals surface area contributed by atoms with Crippen LogP contribution in [0.15, 0.2) is 40.3 Å². The van der Waals surface area contributed by atoms with Crippen molar-refractivity contribution in [1.29, 1.82) is 0 Å². The number of H-pyrrole nitrogens is 1.